The standard InChI is InChI=1S/C16H25N3O5S2/c1-18(26(23,24)15-6-4-3-5-7-15)13-16(20)17-12-14-8-10-19(11-9-14)25(2,21)22/h3-7,14H,8-13H2,1-2H3,(H,17,20). The predicted molar refractivity (Wildman–Crippen MR) is 98.4 cm³/mol. The smallest absolute Gasteiger partial charge is 0.243 e. The average Bonchev–Trinajstić information content (AvgIpc) is 2.60. The summed E-state index contributed by atoms with van der Waals surface area (Å²) in [4.78, 5) is 12.2. The number of sulfonamides is 2. The van der Waals surface area contributed by atoms with E-state index in [4.69, 9.17) is 0 Å². The first-order chi connectivity index (χ1) is 12.1. The molecule has 146 valence electrons. The van der Waals surface area contributed by atoms with Crippen LogP contribution in [0.2, 0.25) is 0 Å². The van der Waals surface area contributed by atoms with Crippen LogP contribution in [0.15, 0.2) is 35.2 Å². The van der Waals surface area contributed by atoms with Crippen LogP contribution in [0.4, 0.5) is 0 Å². The largest absolute Gasteiger partial charge is 0.355 e. The average molecular weight is 404 g/mol. The number of carbonyl (C=O) groups excluding carboxylic acids is 1. The van der Waals surface area contributed by atoms with E-state index in [0.717, 1.165) is 4.31 Å². The lowest BCUT2D eigenvalue weighted by Gasteiger charge is -2.30. The maximum Gasteiger partial charge on any atom is 0.243 e. The fraction of sp³-hybridized carbons (Fsp3) is 0.562. The molecule has 0 spiro atoms. The van der Waals surface area contributed by atoms with Crippen molar-refractivity contribution in [1.82, 2.24) is 13.9 Å². The molecule has 1 aliphatic rings. The van der Waals surface area contributed by atoms with Gasteiger partial charge in [0.2, 0.25) is 26.0 Å². The van der Waals surface area contributed by atoms with Crippen LogP contribution in [0, 0.1) is 5.92 Å². The first kappa shape index (κ1) is 20.8. The van der Waals surface area contributed by atoms with E-state index in [1.54, 1.807) is 18.2 Å². The van der Waals surface area contributed by atoms with Crippen molar-refractivity contribution < 1.29 is 21.6 Å². The molecule has 1 fully saturated rings. The van der Waals surface area contributed by atoms with Crippen LogP contribution in [0.3, 0.4) is 0 Å². The number of hydrogen-bond donors (Lipinski definition) is 1. The van der Waals surface area contributed by atoms with E-state index in [9.17, 15) is 21.6 Å². The van der Waals surface area contributed by atoms with Crippen molar-refractivity contribution in [3.63, 3.8) is 0 Å². The number of rotatable bonds is 7. The lowest BCUT2D eigenvalue weighted by molar-refractivity contribution is -0.121. The molecule has 1 N–H and O–H groups in total. The number of amides is 1. The van der Waals surface area contributed by atoms with Gasteiger partial charge in [0.25, 0.3) is 0 Å². The molecule has 0 bridgehead atoms. The van der Waals surface area contributed by atoms with E-state index in [1.165, 1.54) is 29.7 Å². The molecule has 0 saturated carbocycles. The topological polar surface area (TPSA) is 104 Å². The molecule has 1 heterocycles. The maximum absolute atomic E-state index is 12.4. The number of nitrogens with one attached hydrogen (secondary N) is 1. The Bertz CT molecular complexity index is 817. The summed E-state index contributed by atoms with van der Waals surface area (Å²) >= 11 is 0. The van der Waals surface area contributed by atoms with Crippen molar-refractivity contribution in [2.75, 3.05) is 39.5 Å². The molecule has 1 amide bonds. The number of piperidine rings is 1. The minimum absolute atomic E-state index is 0.142. The van der Waals surface area contributed by atoms with Crippen molar-refractivity contribution in [2.24, 2.45) is 5.92 Å². The number of likely N-dealkylation sites (N-methyl/N-ethyl adjacent to an activating group) is 1. The van der Waals surface area contributed by atoms with E-state index in [-0.39, 0.29) is 23.3 Å². The molecule has 0 aliphatic carbocycles. The van der Waals surface area contributed by atoms with Gasteiger partial charge in [-0.1, -0.05) is 18.2 Å². The van der Waals surface area contributed by atoms with E-state index in [2.05, 4.69) is 5.32 Å². The van der Waals surface area contributed by atoms with Gasteiger partial charge in [-0.15, -0.1) is 0 Å². The van der Waals surface area contributed by atoms with Crippen LogP contribution in [0.25, 0.3) is 0 Å². The second-order valence-corrected chi connectivity index (χ2v) is 10.5. The summed E-state index contributed by atoms with van der Waals surface area (Å²) < 4.78 is 50.2. The van der Waals surface area contributed by atoms with Crippen molar-refractivity contribution in [3.8, 4) is 0 Å². The molecule has 26 heavy (non-hydrogen) atoms. The van der Waals surface area contributed by atoms with Crippen LogP contribution < -0.4 is 5.32 Å². The highest BCUT2D eigenvalue weighted by molar-refractivity contribution is 7.89. The molecule has 1 aromatic carbocycles. The van der Waals surface area contributed by atoms with Crippen molar-refractivity contribution >= 4 is 26.0 Å². The zero-order chi connectivity index (χ0) is 19.4. The van der Waals surface area contributed by atoms with Gasteiger partial charge in [-0.25, -0.2) is 21.1 Å². The molecule has 0 unspecified atom stereocenters. The fourth-order valence-corrected chi connectivity index (χ4v) is 4.84. The van der Waals surface area contributed by atoms with Gasteiger partial charge >= 0.3 is 0 Å². The molecule has 2 rings (SSSR count). The van der Waals surface area contributed by atoms with Crippen LogP contribution in [0.5, 0.6) is 0 Å². The zero-order valence-electron chi connectivity index (χ0n) is 15.0. The van der Waals surface area contributed by atoms with Crippen molar-refractivity contribution in [2.45, 2.75) is 17.7 Å². The number of carbonyl (C=O) groups is 1. The third-order valence-corrected chi connectivity index (χ3v) is 7.57. The van der Waals surface area contributed by atoms with Crippen LogP contribution in [0.1, 0.15) is 12.8 Å². The highest BCUT2D eigenvalue weighted by Crippen LogP contribution is 2.18. The maximum atomic E-state index is 12.4. The van der Waals surface area contributed by atoms with Gasteiger partial charge in [0.15, 0.2) is 0 Å². The van der Waals surface area contributed by atoms with Crippen molar-refractivity contribution in [1.29, 1.82) is 0 Å². The Hall–Kier alpha value is -1.49. The molecule has 1 aromatic rings. The van der Waals surface area contributed by atoms with E-state index in [1.807, 2.05) is 0 Å². The lowest BCUT2D eigenvalue weighted by Crippen LogP contribution is -2.43. The SMILES string of the molecule is CN(CC(=O)NCC1CCN(S(C)(=O)=O)CC1)S(=O)(=O)c1ccccc1. The lowest BCUT2D eigenvalue weighted by atomic mass is 9.98. The normalized spacial score (nSPS) is 17.3. The summed E-state index contributed by atoms with van der Waals surface area (Å²) in [5.41, 5.74) is 0. The molecule has 0 radical (unpaired) electrons. The molecule has 10 heteroatoms. The highest BCUT2D eigenvalue weighted by Gasteiger charge is 2.26. The summed E-state index contributed by atoms with van der Waals surface area (Å²) in [5.74, 6) is -0.189. The Morgan fingerprint density at radius 3 is 2.27 bits per heavy atom. The number of benzene rings is 1. The molecular weight excluding hydrogens is 378 g/mol. The van der Waals surface area contributed by atoms with Gasteiger partial charge in [0, 0.05) is 26.7 Å². The van der Waals surface area contributed by atoms with Crippen LogP contribution in [-0.2, 0) is 24.8 Å². The van der Waals surface area contributed by atoms with Crippen LogP contribution in [-0.4, -0.2) is 70.8 Å². The van der Waals surface area contributed by atoms with Gasteiger partial charge in [-0.2, -0.15) is 4.31 Å². The summed E-state index contributed by atoms with van der Waals surface area (Å²) in [5, 5.41) is 2.75. The van der Waals surface area contributed by atoms with E-state index in [0.29, 0.717) is 32.5 Å². The first-order valence-electron chi connectivity index (χ1n) is 8.34. The summed E-state index contributed by atoms with van der Waals surface area (Å²) in [7, 11) is -5.50. The van der Waals surface area contributed by atoms with Crippen LogP contribution >= 0.6 is 0 Å². The monoisotopic (exact) mass is 403 g/mol. The Balaban J connectivity index is 1.81. The van der Waals surface area contributed by atoms with Gasteiger partial charge in [-0.05, 0) is 30.9 Å². The molecule has 1 saturated heterocycles. The Labute approximate surface area is 155 Å². The Morgan fingerprint density at radius 1 is 1.15 bits per heavy atom. The van der Waals surface area contributed by atoms with Gasteiger partial charge in [0.05, 0.1) is 17.7 Å². The molecule has 8 nitrogen and oxygen atoms in total. The fourth-order valence-electron chi connectivity index (χ4n) is 2.82. The minimum atomic E-state index is -3.70. The summed E-state index contributed by atoms with van der Waals surface area (Å²) in [6.07, 6.45) is 2.54. The molecule has 1 aliphatic heterocycles. The second kappa shape index (κ2) is 8.47. The Kier molecular flexibility index (Phi) is 6.78. The van der Waals surface area contributed by atoms with E-state index >= 15 is 0 Å². The number of nitrogens with zero attached hydrogens (tertiary/aromatic N) is 2. The summed E-state index contributed by atoms with van der Waals surface area (Å²) in [6.45, 7) is 1.04. The van der Waals surface area contributed by atoms with Crippen molar-refractivity contribution in [3.05, 3.63) is 30.3 Å². The molecule has 0 atom stereocenters. The third-order valence-electron chi connectivity index (χ3n) is 4.45. The van der Waals surface area contributed by atoms with E-state index < -0.39 is 20.0 Å². The number of hydrogen-bond acceptors (Lipinski definition) is 5. The predicted octanol–water partition coefficient (Wildman–Crippen LogP) is 0.0949. The minimum Gasteiger partial charge on any atom is -0.355 e. The zero-order valence-corrected chi connectivity index (χ0v) is 16.6. The molecular formula is C16H25N3O5S2. The molecule has 0 aromatic heterocycles. The highest BCUT2D eigenvalue weighted by atomic mass is 32.2. The van der Waals surface area contributed by atoms with Gasteiger partial charge in [-0.3, -0.25) is 4.79 Å². The van der Waals surface area contributed by atoms with Gasteiger partial charge in [0.1, 0.15) is 0 Å². The quantitative estimate of drug-likeness (QED) is 0.695. The van der Waals surface area contributed by atoms with Gasteiger partial charge < -0.3 is 5.32 Å². The Morgan fingerprint density at radius 2 is 1.73 bits per heavy atom. The second-order valence-electron chi connectivity index (χ2n) is 6.48. The summed E-state index contributed by atoms with van der Waals surface area (Å²) in [6, 6.07) is 7.95. The first-order valence-corrected chi connectivity index (χ1v) is 11.6. The third kappa shape index (κ3) is 5.50.